The monoisotopic (exact) mass is 267 g/mol. The molecular weight excluding hydrogens is 237 g/mol. The van der Waals surface area contributed by atoms with E-state index < -0.39 is 12.0 Å². The van der Waals surface area contributed by atoms with Crippen LogP contribution in [0.1, 0.15) is 79.0 Å². The molecule has 0 saturated carbocycles. The van der Waals surface area contributed by atoms with Gasteiger partial charge in [0, 0.05) is 0 Å². The fraction of sp³-hybridized carbons (Fsp3) is 0.929. The van der Waals surface area contributed by atoms with Crippen LogP contribution in [0.5, 0.6) is 0 Å². The average molecular weight is 267 g/mol. The summed E-state index contributed by atoms with van der Waals surface area (Å²) in [5.41, 5.74) is 5.43. The molecule has 0 aromatic rings. The molecule has 18 heavy (non-hydrogen) atoms. The first-order chi connectivity index (χ1) is 8.18. The Bertz CT molecular complexity index is 194. The summed E-state index contributed by atoms with van der Waals surface area (Å²) in [6.45, 7) is 2.24. The SMILES string of the molecule is CCCCCCCCCCCCC(N)C(=O)O.[H-].[Na+]. The zero-order chi connectivity index (χ0) is 12.9. The minimum Gasteiger partial charge on any atom is -1.00 e. The Morgan fingerprint density at radius 2 is 1.39 bits per heavy atom. The van der Waals surface area contributed by atoms with Crippen molar-refractivity contribution < 1.29 is 40.9 Å². The summed E-state index contributed by atoms with van der Waals surface area (Å²) >= 11 is 0. The van der Waals surface area contributed by atoms with E-state index in [1.165, 1.54) is 51.4 Å². The number of rotatable bonds is 12. The third kappa shape index (κ3) is 14.5. The van der Waals surface area contributed by atoms with Crippen molar-refractivity contribution >= 4 is 5.97 Å². The van der Waals surface area contributed by atoms with Gasteiger partial charge in [-0.25, -0.2) is 0 Å². The quantitative estimate of drug-likeness (QED) is 0.406. The van der Waals surface area contributed by atoms with E-state index in [4.69, 9.17) is 10.8 Å². The summed E-state index contributed by atoms with van der Waals surface area (Å²) in [4.78, 5) is 10.5. The molecule has 0 aliphatic rings. The van der Waals surface area contributed by atoms with E-state index in [1.54, 1.807) is 0 Å². The Hall–Kier alpha value is 0.430. The molecular formula is C14H30NNaO2. The minimum atomic E-state index is -0.874. The van der Waals surface area contributed by atoms with Gasteiger partial charge in [-0.15, -0.1) is 0 Å². The fourth-order valence-corrected chi connectivity index (χ4v) is 1.98. The number of hydrogen-bond donors (Lipinski definition) is 2. The zero-order valence-corrected chi connectivity index (χ0v) is 14.3. The summed E-state index contributed by atoms with van der Waals surface area (Å²) in [6, 6.07) is -0.663. The molecule has 0 aliphatic carbocycles. The summed E-state index contributed by atoms with van der Waals surface area (Å²) in [6.07, 6.45) is 13.3. The van der Waals surface area contributed by atoms with Gasteiger partial charge in [0.15, 0.2) is 0 Å². The van der Waals surface area contributed by atoms with Crippen molar-refractivity contribution in [2.75, 3.05) is 0 Å². The van der Waals surface area contributed by atoms with Gasteiger partial charge in [-0.3, -0.25) is 4.79 Å². The molecule has 104 valence electrons. The summed E-state index contributed by atoms with van der Waals surface area (Å²) in [5, 5.41) is 8.60. The molecule has 0 heterocycles. The van der Waals surface area contributed by atoms with E-state index in [-0.39, 0.29) is 31.0 Å². The van der Waals surface area contributed by atoms with Crippen LogP contribution in [0.4, 0.5) is 0 Å². The number of carboxylic acid groups (broad SMARTS) is 1. The molecule has 0 aromatic carbocycles. The molecule has 3 nitrogen and oxygen atoms in total. The molecule has 3 N–H and O–H groups in total. The van der Waals surface area contributed by atoms with Crippen molar-refractivity contribution in [2.45, 2.75) is 83.6 Å². The molecule has 0 amide bonds. The maximum atomic E-state index is 10.5. The molecule has 0 fully saturated rings. The van der Waals surface area contributed by atoms with Crippen LogP contribution in [-0.4, -0.2) is 17.1 Å². The number of unbranched alkanes of at least 4 members (excludes halogenated alkanes) is 9. The van der Waals surface area contributed by atoms with Crippen LogP contribution < -0.4 is 35.3 Å². The predicted octanol–water partition coefficient (Wildman–Crippen LogP) is 0.826. The first-order valence-electron chi connectivity index (χ1n) is 7.17. The van der Waals surface area contributed by atoms with Gasteiger partial charge in [-0.2, -0.15) is 0 Å². The van der Waals surface area contributed by atoms with Gasteiger partial charge in [0.25, 0.3) is 0 Å². The summed E-state index contributed by atoms with van der Waals surface area (Å²) in [7, 11) is 0. The van der Waals surface area contributed by atoms with Crippen LogP contribution in [0.2, 0.25) is 0 Å². The number of carboxylic acids is 1. The van der Waals surface area contributed by atoms with Gasteiger partial charge in [0.05, 0.1) is 0 Å². The molecule has 0 aliphatic heterocycles. The van der Waals surface area contributed by atoms with Gasteiger partial charge in [-0.05, 0) is 6.42 Å². The predicted molar refractivity (Wildman–Crippen MR) is 73.2 cm³/mol. The van der Waals surface area contributed by atoms with Crippen molar-refractivity contribution in [1.82, 2.24) is 0 Å². The summed E-state index contributed by atoms with van der Waals surface area (Å²) < 4.78 is 0. The molecule has 4 heteroatoms. The number of carbonyl (C=O) groups is 1. The third-order valence-electron chi connectivity index (χ3n) is 3.19. The maximum absolute atomic E-state index is 10.5. The van der Waals surface area contributed by atoms with Crippen LogP contribution in [0, 0.1) is 0 Å². The van der Waals surface area contributed by atoms with Crippen LogP contribution in [-0.2, 0) is 4.79 Å². The molecule has 0 radical (unpaired) electrons. The largest absolute Gasteiger partial charge is 1.00 e. The summed E-state index contributed by atoms with van der Waals surface area (Å²) in [5.74, 6) is -0.874. The minimum absolute atomic E-state index is 0. The van der Waals surface area contributed by atoms with Crippen LogP contribution in [0.25, 0.3) is 0 Å². The fourth-order valence-electron chi connectivity index (χ4n) is 1.98. The molecule has 0 saturated heterocycles. The van der Waals surface area contributed by atoms with Gasteiger partial charge in [0.2, 0.25) is 0 Å². The van der Waals surface area contributed by atoms with E-state index in [0.717, 1.165) is 12.8 Å². The zero-order valence-electron chi connectivity index (χ0n) is 13.3. The van der Waals surface area contributed by atoms with E-state index >= 15 is 0 Å². The molecule has 0 aromatic heterocycles. The van der Waals surface area contributed by atoms with Crippen molar-refractivity contribution in [3.05, 3.63) is 0 Å². The molecule has 0 spiro atoms. The smallest absolute Gasteiger partial charge is 1.00 e. The Morgan fingerprint density at radius 3 is 1.78 bits per heavy atom. The standard InChI is InChI=1S/C14H29NO2.Na.H/c1-2-3-4-5-6-7-8-9-10-11-12-13(15)14(16)17;;/h13H,2-12,15H2,1H3,(H,16,17);;/q;+1;-1. The van der Waals surface area contributed by atoms with Crippen molar-refractivity contribution in [3.63, 3.8) is 0 Å². The first kappa shape index (κ1) is 20.7. The second kappa shape index (κ2) is 15.5. The molecule has 0 rings (SSSR count). The second-order valence-corrected chi connectivity index (χ2v) is 4.92. The van der Waals surface area contributed by atoms with E-state index in [1.807, 2.05) is 0 Å². The maximum Gasteiger partial charge on any atom is 1.00 e. The Morgan fingerprint density at radius 1 is 1.00 bits per heavy atom. The van der Waals surface area contributed by atoms with E-state index in [0.29, 0.717) is 6.42 Å². The normalized spacial score (nSPS) is 11.9. The van der Waals surface area contributed by atoms with Crippen molar-refractivity contribution in [3.8, 4) is 0 Å². The number of hydrogen-bond acceptors (Lipinski definition) is 2. The third-order valence-corrected chi connectivity index (χ3v) is 3.19. The van der Waals surface area contributed by atoms with Gasteiger partial charge >= 0.3 is 35.5 Å². The number of nitrogens with two attached hydrogens (primary N) is 1. The number of aliphatic carboxylic acids is 1. The Kier molecular flexibility index (Phi) is 17.8. The van der Waals surface area contributed by atoms with Gasteiger partial charge in [0.1, 0.15) is 6.04 Å². The second-order valence-electron chi connectivity index (χ2n) is 4.92. The Labute approximate surface area is 136 Å². The van der Waals surface area contributed by atoms with E-state index in [2.05, 4.69) is 6.92 Å². The van der Waals surface area contributed by atoms with Gasteiger partial charge < -0.3 is 12.3 Å². The molecule has 1 atom stereocenters. The van der Waals surface area contributed by atoms with E-state index in [9.17, 15) is 4.79 Å². The van der Waals surface area contributed by atoms with Crippen LogP contribution in [0.3, 0.4) is 0 Å². The van der Waals surface area contributed by atoms with Crippen LogP contribution in [0.15, 0.2) is 0 Å². The molecule has 1 unspecified atom stereocenters. The average Bonchev–Trinajstić information content (AvgIpc) is 2.31. The topological polar surface area (TPSA) is 63.3 Å². The van der Waals surface area contributed by atoms with Crippen molar-refractivity contribution in [2.24, 2.45) is 5.73 Å². The first-order valence-corrected chi connectivity index (χ1v) is 7.17. The van der Waals surface area contributed by atoms with Crippen molar-refractivity contribution in [1.29, 1.82) is 0 Å². The Balaban J connectivity index is -0.00000128. The molecule has 0 bridgehead atoms. The van der Waals surface area contributed by atoms with Gasteiger partial charge in [-0.1, -0.05) is 71.1 Å². The van der Waals surface area contributed by atoms with Crippen LogP contribution >= 0.6 is 0 Å².